The maximum absolute atomic E-state index is 11.1. The number of aliphatic imine (C=N–C) groups is 1. The zero-order chi connectivity index (χ0) is 20.5. The van der Waals surface area contributed by atoms with Crippen molar-refractivity contribution >= 4 is 29.5 Å². The molecular formula is C21H22N2O5. The van der Waals surface area contributed by atoms with Crippen LogP contribution in [0.5, 0.6) is 11.5 Å². The van der Waals surface area contributed by atoms with E-state index in [-0.39, 0.29) is 5.91 Å². The summed E-state index contributed by atoms with van der Waals surface area (Å²) in [5.41, 5.74) is 2.92. The second-order valence-corrected chi connectivity index (χ2v) is 5.87. The van der Waals surface area contributed by atoms with Gasteiger partial charge in [0.1, 0.15) is 0 Å². The predicted octanol–water partition coefficient (Wildman–Crippen LogP) is 3.60. The first kappa shape index (κ1) is 20.7. The Kier molecular flexibility index (Phi) is 7.33. The van der Waals surface area contributed by atoms with E-state index in [1.807, 2.05) is 6.07 Å². The van der Waals surface area contributed by atoms with Gasteiger partial charge in [-0.2, -0.15) is 0 Å². The Bertz CT molecular complexity index is 888. The molecule has 0 saturated heterocycles. The van der Waals surface area contributed by atoms with Crippen LogP contribution in [0.25, 0.3) is 0 Å². The van der Waals surface area contributed by atoms with E-state index >= 15 is 0 Å². The first-order chi connectivity index (χ1) is 13.4. The summed E-state index contributed by atoms with van der Waals surface area (Å²) < 4.78 is 10.7. The van der Waals surface area contributed by atoms with Crippen molar-refractivity contribution in [3.05, 3.63) is 60.2 Å². The van der Waals surface area contributed by atoms with Crippen molar-refractivity contribution in [2.24, 2.45) is 4.99 Å². The fourth-order valence-electron chi connectivity index (χ4n) is 2.50. The minimum atomic E-state index is -1.07. The van der Waals surface area contributed by atoms with E-state index in [1.54, 1.807) is 42.6 Å². The molecule has 2 rings (SSSR count). The van der Waals surface area contributed by atoms with Crippen molar-refractivity contribution < 1.29 is 24.2 Å². The van der Waals surface area contributed by atoms with Gasteiger partial charge in [-0.15, -0.1) is 6.58 Å². The van der Waals surface area contributed by atoms with Gasteiger partial charge in [0.05, 0.1) is 12.8 Å². The molecule has 7 heteroatoms. The van der Waals surface area contributed by atoms with Crippen molar-refractivity contribution in [2.45, 2.75) is 13.3 Å². The smallest absolute Gasteiger partial charge is 0.341 e. The third-order valence-electron chi connectivity index (χ3n) is 3.63. The maximum Gasteiger partial charge on any atom is 0.341 e. The van der Waals surface area contributed by atoms with E-state index in [2.05, 4.69) is 16.9 Å². The number of methoxy groups -OCH3 is 1. The van der Waals surface area contributed by atoms with Crippen LogP contribution in [-0.2, 0) is 16.0 Å². The van der Waals surface area contributed by atoms with Gasteiger partial charge >= 0.3 is 5.97 Å². The van der Waals surface area contributed by atoms with E-state index in [1.165, 1.54) is 14.0 Å². The van der Waals surface area contributed by atoms with Crippen LogP contribution in [0.2, 0.25) is 0 Å². The third kappa shape index (κ3) is 5.98. The summed E-state index contributed by atoms with van der Waals surface area (Å²) in [6.07, 6.45) is 3.85. The molecule has 146 valence electrons. The Morgan fingerprint density at radius 2 is 1.96 bits per heavy atom. The van der Waals surface area contributed by atoms with E-state index in [9.17, 15) is 9.59 Å². The first-order valence-corrected chi connectivity index (χ1v) is 8.51. The van der Waals surface area contributed by atoms with Crippen LogP contribution < -0.4 is 14.8 Å². The molecule has 2 N–H and O–H groups in total. The number of carbonyl (C=O) groups excluding carboxylic acids is 1. The van der Waals surface area contributed by atoms with Gasteiger partial charge in [0, 0.05) is 24.4 Å². The van der Waals surface area contributed by atoms with Gasteiger partial charge in [0.2, 0.25) is 5.91 Å². The Morgan fingerprint density at radius 1 is 1.25 bits per heavy atom. The van der Waals surface area contributed by atoms with Crippen LogP contribution in [0.4, 0.5) is 11.4 Å². The van der Waals surface area contributed by atoms with Gasteiger partial charge in [-0.25, -0.2) is 4.79 Å². The van der Waals surface area contributed by atoms with Gasteiger partial charge in [0.25, 0.3) is 0 Å². The quantitative estimate of drug-likeness (QED) is 0.510. The minimum absolute atomic E-state index is 0.136. The molecule has 0 spiro atoms. The molecule has 0 aromatic heterocycles. The summed E-state index contributed by atoms with van der Waals surface area (Å²) in [7, 11) is 1.49. The summed E-state index contributed by atoms with van der Waals surface area (Å²) in [5.74, 6) is -0.409. The van der Waals surface area contributed by atoms with Crippen LogP contribution in [-0.4, -0.2) is 36.9 Å². The Morgan fingerprint density at radius 3 is 2.54 bits per heavy atom. The van der Waals surface area contributed by atoms with Crippen molar-refractivity contribution in [3.8, 4) is 11.5 Å². The number of carboxylic acids is 1. The van der Waals surface area contributed by atoms with Crippen LogP contribution in [0.1, 0.15) is 18.1 Å². The van der Waals surface area contributed by atoms with Crippen molar-refractivity contribution in [1.82, 2.24) is 0 Å². The van der Waals surface area contributed by atoms with Gasteiger partial charge in [-0.1, -0.05) is 6.08 Å². The average molecular weight is 382 g/mol. The number of ether oxygens (including phenoxy) is 2. The fourth-order valence-corrected chi connectivity index (χ4v) is 2.50. The monoisotopic (exact) mass is 382 g/mol. The molecule has 0 fully saturated rings. The Balaban J connectivity index is 2.28. The lowest BCUT2D eigenvalue weighted by molar-refractivity contribution is -0.139. The predicted molar refractivity (Wildman–Crippen MR) is 108 cm³/mol. The Hall–Kier alpha value is -3.61. The highest BCUT2D eigenvalue weighted by Crippen LogP contribution is 2.33. The molecule has 0 aliphatic heterocycles. The molecule has 1 amide bonds. The number of nitrogens with zero attached hydrogens (tertiary/aromatic N) is 1. The minimum Gasteiger partial charge on any atom is -0.493 e. The molecule has 0 bridgehead atoms. The number of aliphatic carboxylic acids is 1. The topological polar surface area (TPSA) is 97.2 Å². The summed E-state index contributed by atoms with van der Waals surface area (Å²) in [5, 5.41) is 11.6. The van der Waals surface area contributed by atoms with Gasteiger partial charge in [0.15, 0.2) is 18.1 Å². The second kappa shape index (κ2) is 9.91. The van der Waals surface area contributed by atoms with Gasteiger partial charge in [-0.3, -0.25) is 9.79 Å². The van der Waals surface area contributed by atoms with Crippen LogP contribution in [0, 0.1) is 0 Å². The lowest BCUT2D eigenvalue weighted by Gasteiger charge is -2.14. The lowest BCUT2D eigenvalue weighted by Crippen LogP contribution is -2.11. The standard InChI is InChI=1S/C21H22N2O5/c1-4-5-16-10-15(11-19(27-3)21(16)28-13-20(25)26)12-22-17-6-8-18(9-7-17)23-14(2)24/h4,6-12H,1,5,13H2,2-3H3,(H,23,24)(H,25,26). The maximum atomic E-state index is 11.1. The number of carbonyl (C=O) groups is 2. The molecule has 28 heavy (non-hydrogen) atoms. The number of amides is 1. The average Bonchev–Trinajstić information content (AvgIpc) is 2.65. The molecule has 2 aromatic carbocycles. The van der Waals surface area contributed by atoms with Gasteiger partial charge in [-0.05, 0) is 48.4 Å². The largest absolute Gasteiger partial charge is 0.493 e. The molecule has 0 heterocycles. The third-order valence-corrected chi connectivity index (χ3v) is 3.63. The number of nitrogens with one attached hydrogen (secondary N) is 1. The normalized spacial score (nSPS) is 10.5. The summed E-state index contributed by atoms with van der Waals surface area (Å²) in [6, 6.07) is 10.7. The van der Waals surface area contributed by atoms with E-state index in [0.717, 1.165) is 11.1 Å². The SMILES string of the molecule is C=CCc1cc(C=Nc2ccc(NC(C)=O)cc2)cc(OC)c1OCC(=O)O. The van der Waals surface area contributed by atoms with Crippen LogP contribution in [0.3, 0.4) is 0 Å². The fraction of sp³-hybridized carbons (Fsp3) is 0.190. The van der Waals surface area contributed by atoms with Crippen LogP contribution in [0.15, 0.2) is 54.0 Å². The van der Waals surface area contributed by atoms with Crippen molar-refractivity contribution in [2.75, 3.05) is 19.0 Å². The molecule has 7 nitrogen and oxygen atoms in total. The lowest BCUT2D eigenvalue weighted by atomic mass is 10.1. The molecular weight excluding hydrogens is 360 g/mol. The zero-order valence-electron chi connectivity index (χ0n) is 15.8. The molecule has 0 aliphatic rings. The van der Waals surface area contributed by atoms with Crippen LogP contribution >= 0.6 is 0 Å². The molecule has 0 aliphatic carbocycles. The Labute approximate surface area is 163 Å². The number of rotatable bonds is 9. The van der Waals surface area contributed by atoms with Gasteiger partial charge < -0.3 is 19.9 Å². The number of hydrogen-bond acceptors (Lipinski definition) is 5. The number of anilines is 1. The van der Waals surface area contributed by atoms with Crippen molar-refractivity contribution in [3.63, 3.8) is 0 Å². The second-order valence-electron chi connectivity index (χ2n) is 5.87. The molecule has 2 aromatic rings. The highest BCUT2D eigenvalue weighted by Gasteiger charge is 2.13. The van der Waals surface area contributed by atoms with E-state index in [4.69, 9.17) is 14.6 Å². The molecule has 0 saturated carbocycles. The molecule has 0 radical (unpaired) electrons. The number of carboxylic acid groups (broad SMARTS) is 1. The summed E-state index contributed by atoms with van der Waals surface area (Å²) in [4.78, 5) is 26.3. The highest BCUT2D eigenvalue weighted by molar-refractivity contribution is 5.89. The summed E-state index contributed by atoms with van der Waals surface area (Å²) in [6.45, 7) is 4.71. The summed E-state index contributed by atoms with van der Waals surface area (Å²) >= 11 is 0. The number of benzene rings is 2. The molecule has 0 atom stereocenters. The van der Waals surface area contributed by atoms with E-state index < -0.39 is 12.6 Å². The number of hydrogen-bond donors (Lipinski definition) is 2. The number of allylic oxidation sites excluding steroid dienone is 1. The van der Waals surface area contributed by atoms with Crippen molar-refractivity contribution in [1.29, 1.82) is 0 Å². The zero-order valence-corrected chi connectivity index (χ0v) is 15.8. The highest BCUT2D eigenvalue weighted by atomic mass is 16.5. The van der Waals surface area contributed by atoms with E-state index in [0.29, 0.717) is 29.3 Å². The molecule has 0 unspecified atom stereocenters. The first-order valence-electron chi connectivity index (χ1n) is 8.51.